The molecule has 1 amide bonds. The maximum absolute atomic E-state index is 12.7. The number of amides is 1. The number of rotatable bonds is 9. The summed E-state index contributed by atoms with van der Waals surface area (Å²) in [5.41, 5.74) is 2.53. The van der Waals surface area contributed by atoms with Gasteiger partial charge in [-0.2, -0.15) is 0 Å². The highest BCUT2D eigenvalue weighted by Gasteiger charge is 2.23. The largest absolute Gasteiger partial charge is 0.355 e. The van der Waals surface area contributed by atoms with Crippen molar-refractivity contribution in [3.8, 4) is 5.69 Å². The molecule has 0 radical (unpaired) electrons. The minimum absolute atomic E-state index is 0.0603. The summed E-state index contributed by atoms with van der Waals surface area (Å²) in [6, 6.07) is 10.2. The summed E-state index contributed by atoms with van der Waals surface area (Å²) < 4.78 is 2.11. The van der Waals surface area contributed by atoms with Crippen molar-refractivity contribution < 1.29 is 4.79 Å². The van der Waals surface area contributed by atoms with Crippen LogP contribution in [0.25, 0.3) is 5.69 Å². The van der Waals surface area contributed by atoms with E-state index in [-0.39, 0.29) is 11.2 Å². The molecule has 1 saturated heterocycles. The molecule has 1 aromatic heterocycles. The highest BCUT2D eigenvalue weighted by molar-refractivity contribution is 8.00. The van der Waals surface area contributed by atoms with Gasteiger partial charge in [-0.15, -0.1) is 10.2 Å². The summed E-state index contributed by atoms with van der Waals surface area (Å²) in [4.78, 5) is 15.1. The third kappa shape index (κ3) is 5.98. The Labute approximate surface area is 189 Å². The van der Waals surface area contributed by atoms with Gasteiger partial charge >= 0.3 is 0 Å². The molecule has 1 atom stereocenters. The number of benzene rings is 1. The molecule has 1 fully saturated rings. The third-order valence-corrected chi connectivity index (χ3v) is 7.10. The maximum atomic E-state index is 12.7. The van der Waals surface area contributed by atoms with Gasteiger partial charge in [0, 0.05) is 12.2 Å². The monoisotopic (exact) mass is 439 g/mol. The first kappa shape index (κ1) is 22.1. The molecule has 0 spiro atoms. The Kier molecular flexibility index (Phi) is 7.81. The summed E-state index contributed by atoms with van der Waals surface area (Å²) in [6.07, 6.45) is 10.7. The molecular weight excluding hydrogens is 406 g/mol. The lowest BCUT2D eigenvalue weighted by Gasteiger charge is -2.17. The van der Waals surface area contributed by atoms with Gasteiger partial charge in [0.2, 0.25) is 5.91 Å². The standard InChI is InChI=1S/C24H33N5OS/c1-19(23(30)25-15-14-20-10-4-2-5-11-20)31-24-27-26-22(18-28-16-8-9-17-28)29(24)21-12-6-3-7-13-21/h3,6-7,10,12-13,19H,2,4-5,8-9,11,14-18H2,1H3,(H,25,30). The third-order valence-electron chi connectivity index (χ3n) is 6.06. The molecule has 2 aliphatic rings. The van der Waals surface area contributed by atoms with Crippen molar-refractivity contribution in [1.29, 1.82) is 0 Å². The predicted molar refractivity (Wildman–Crippen MR) is 125 cm³/mol. The molecule has 1 N–H and O–H groups in total. The molecule has 0 bridgehead atoms. The number of hydrogen-bond acceptors (Lipinski definition) is 5. The first-order valence-corrected chi connectivity index (χ1v) is 12.4. The van der Waals surface area contributed by atoms with Crippen LogP contribution >= 0.6 is 11.8 Å². The summed E-state index contributed by atoms with van der Waals surface area (Å²) in [5, 5.41) is 12.6. The molecule has 2 aromatic rings. The fraction of sp³-hybridized carbons (Fsp3) is 0.542. The van der Waals surface area contributed by atoms with Crippen molar-refractivity contribution >= 4 is 17.7 Å². The Hall–Kier alpha value is -2.12. The number of carbonyl (C=O) groups is 1. The average Bonchev–Trinajstić information content (AvgIpc) is 3.45. The summed E-state index contributed by atoms with van der Waals surface area (Å²) in [6.45, 7) is 5.67. The maximum Gasteiger partial charge on any atom is 0.233 e. The Morgan fingerprint density at radius 3 is 2.68 bits per heavy atom. The normalized spacial score (nSPS) is 18.0. The van der Waals surface area contributed by atoms with Gasteiger partial charge in [-0.1, -0.05) is 41.6 Å². The molecule has 166 valence electrons. The van der Waals surface area contributed by atoms with Gasteiger partial charge in [-0.25, -0.2) is 0 Å². The Morgan fingerprint density at radius 2 is 1.94 bits per heavy atom. The zero-order chi connectivity index (χ0) is 21.5. The van der Waals surface area contributed by atoms with Crippen LogP contribution in [-0.4, -0.2) is 50.5 Å². The predicted octanol–water partition coefficient (Wildman–Crippen LogP) is 4.35. The molecule has 31 heavy (non-hydrogen) atoms. The van der Waals surface area contributed by atoms with Crippen LogP contribution in [0, 0.1) is 0 Å². The van der Waals surface area contributed by atoms with Gasteiger partial charge in [0.1, 0.15) is 0 Å². The minimum Gasteiger partial charge on any atom is -0.355 e. The van der Waals surface area contributed by atoms with E-state index in [4.69, 9.17) is 0 Å². The fourth-order valence-corrected chi connectivity index (χ4v) is 5.20. The van der Waals surface area contributed by atoms with E-state index in [1.165, 1.54) is 55.9 Å². The highest BCUT2D eigenvalue weighted by Crippen LogP contribution is 2.27. The van der Waals surface area contributed by atoms with Gasteiger partial charge in [-0.3, -0.25) is 14.3 Å². The zero-order valence-electron chi connectivity index (χ0n) is 18.4. The number of para-hydroxylation sites is 1. The van der Waals surface area contributed by atoms with Crippen LogP contribution in [0.3, 0.4) is 0 Å². The van der Waals surface area contributed by atoms with Crippen molar-refractivity contribution in [2.75, 3.05) is 19.6 Å². The first-order chi connectivity index (χ1) is 15.2. The number of carbonyl (C=O) groups excluding carboxylic acids is 1. The lowest BCUT2D eigenvalue weighted by molar-refractivity contribution is -0.120. The van der Waals surface area contributed by atoms with Gasteiger partial charge in [0.25, 0.3) is 0 Å². The number of allylic oxidation sites excluding steroid dienone is 1. The van der Waals surface area contributed by atoms with E-state index < -0.39 is 0 Å². The van der Waals surface area contributed by atoms with Crippen molar-refractivity contribution in [3.63, 3.8) is 0 Å². The second-order valence-corrected chi connectivity index (χ2v) is 9.77. The SMILES string of the molecule is CC(Sc1nnc(CN2CCCC2)n1-c1ccccc1)C(=O)NCCC1=CCCCC1. The molecule has 1 aromatic carbocycles. The first-order valence-electron chi connectivity index (χ1n) is 11.5. The molecule has 2 heterocycles. The molecule has 7 heteroatoms. The van der Waals surface area contributed by atoms with Crippen LogP contribution in [0.1, 0.15) is 57.7 Å². The summed E-state index contributed by atoms with van der Waals surface area (Å²) in [5.74, 6) is 0.998. The van der Waals surface area contributed by atoms with Crippen LogP contribution in [0.15, 0.2) is 47.1 Å². The van der Waals surface area contributed by atoms with Crippen molar-refractivity contribution in [3.05, 3.63) is 47.8 Å². The van der Waals surface area contributed by atoms with Gasteiger partial charge in [0.15, 0.2) is 11.0 Å². The second kappa shape index (κ2) is 11.0. The van der Waals surface area contributed by atoms with Crippen LogP contribution in [-0.2, 0) is 11.3 Å². The van der Waals surface area contributed by atoms with Crippen LogP contribution in [0.2, 0.25) is 0 Å². The molecule has 0 saturated carbocycles. The van der Waals surface area contributed by atoms with Crippen LogP contribution in [0.4, 0.5) is 0 Å². The van der Waals surface area contributed by atoms with E-state index in [9.17, 15) is 4.79 Å². The van der Waals surface area contributed by atoms with E-state index in [2.05, 4.69) is 43.2 Å². The molecule has 1 aliphatic heterocycles. The fourth-order valence-electron chi connectivity index (χ4n) is 4.29. The van der Waals surface area contributed by atoms with Crippen molar-refractivity contribution in [1.82, 2.24) is 25.0 Å². The van der Waals surface area contributed by atoms with Crippen LogP contribution in [0.5, 0.6) is 0 Å². The number of thioether (sulfide) groups is 1. The Bertz CT molecular complexity index is 889. The Morgan fingerprint density at radius 1 is 1.13 bits per heavy atom. The minimum atomic E-state index is -0.230. The highest BCUT2D eigenvalue weighted by atomic mass is 32.2. The van der Waals surface area contributed by atoms with Gasteiger partial charge < -0.3 is 5.32 Å². The van der Waals surface area contributed by atoms with E-state index >= 15 is 0 Å². The van der Waals surface area contributed by atoms with E-state index in [1.54, 1.807) is 0 Å². The second-order valence-electron chi connectivity index (χ2n) is 8.46. The molecule has 1 unspecified atom stereocenters. The summed E-state index contributed by atoms with van der Waals surface area (Å²) in [7, 11) is 0. The topological polar surface area (TPSA) is 63.1 Å². The van der Waals surface area contributed by atoms with Crippen LogP contribution < -0.4 is 5.32 Å². The van der Waals surface area contributed by atoms with E-state index in [0.29, 0.717) is 6.54 Å². The summed E-state index contributed by atoms with van der Waals surface area (Å²) >= 11 is 1.48. The molecule has 1 aliphatic carbocycles. The van der Waals surface area contributed by atoms with Gasteiger partial charge in [0.05, 0.1) is 11.8 Å². The number of aromatic nitrogens is 3. The Balaban J connectivity index is 1.41. The number of hydrogen-bond donors (Lipinski definition) is 1. The smallest absolute Gasteiger partial charge is 0.233 e. The number of nitrogens with one attached hydrogen (secondary N) is 1. The number of nitrogens with zero attached hydrogens (tertiary/aromatic N) is 4. The number of likely N-dealkylation sites (tertiary alicyclic amines) is 1. The quantitative estimate of drug-likeness (QED) is 0.465. The van der Waals surface area contributed by atoms with Crippen molar-refractivity contribution in [2.24, 2.45) is 0 Å². The lowest BCUT2D eigenvalue weighted by atomic mass is 9.97. The molecule has 6 nitrogen and oxygen atoms in total. The van der Waals surface area contributed by atoms with Gasteiger partial charge in [-0.05, 0) is 77.1 Å². The molecular formula is C24H33N5OS. The van der Waals surface area contributed by atoms with E-state index in [1.807, 2.05) is 25.1 Å². The molecule has 4 rings (SSSR count). The zero-order valence-corrected chi connectivity index (χ0v) is 19.2. The lowest BCUT2D eigenvalue weighted by Crippen LogP contribution is -2.32. The van der Waals surface area contributed by atoms with E-state index in [0.717, 1.165) is 42.7 Å². The van der Waals surface area contributed by atoms with Crippen molar-refractivity contribution in [2.45, 2.75) is 68.8 Å². The average molecular weight is 440 g/mol.